The van der Waals surface area contributed by atoms with Crippen LogP contribution in [0.2, 0.25) is 13.1 Å². The van der Waals surface area contributed by atoms with Crippen molar-refractivity contribution in [3.63, 3.8) is 0 Å². The molecule has 0 saturated carbocycles. The number of hydrogen-bond acceptors (Lipinski definition) is 0. The van der Waals surface area contributed by atoms with Gasteiger partial charge in [-0.05, 0) is 0 Å². The summed E-state index contributed by atoms with van der Waals surface area (Å²) in [5.41, 5.74) is 36.2. The zero-order valence-electron chi connectivity index (χ0n) is 40.3. The minimum atomic E-state index is -5.32. The van der Waals surface area contributed by atoms with Gasteiger partial charge in [-0.15, -0.1) is 0 Å². The van der Waals surface area contributed by atoms with E-state index in [4.69, 9.17) is 0 Å². The Hall–Kier alpha value is -3.52. The molecule has 10 rings (SSSR count). The van der Waals surface area contributed by atoms with Crippen LogP contribution in [0, 0.1) is 55.4 Å². The van der Waals surface area contributed by atoms with Gasteiger partial charge in [0, 0.05) is 0 Å². The van der Waals surface area contributed by atoms with Crippen molar-refractivity contribution in [2.75, 3.05) is 0 Å². The molecular formula is C60H65Cl2SiZr. The summed E-state index contributed by atoms with van der Waals surface area (Å²) in [4.78, 5) is 0. The van der Waals surface area contributed by atoms with Crippen LogP contribution in [0.15, 0.2) is 83.9 Å². The number of benzene rings is 6. The molecule has 0 radical (unpaired) electrons. The van der Waals surface area contributed by atoms with Gasteiger partial charge in [-0.25, -0.2) is 0 Å². The molecule has 4 heteroatoms. The van der Waals surface area contributed by atoms with Crippen molar-refractivity contribution < 1.29 is 15.6 Å². The number of rotatable bonds is 7. The molecular weight excluding hydrogens is 911 g/mol. The van der Waals surface area contributed by atoms with Gasteiger partial charge in [-0.1, -0.05) is 0 Å². The normalized spacial score (nSPS) is 18.1. The molecule has 327 valence electrons. The summed E-state index contributed by atoms with van der Waals surface area (Å²) >= 11 is -5.32. The molecule has 64 heavy (non-hydrogen) atoms. The van der Waals surface area contributed by atoms with Crippen molar-refractivity contribution in [2.45, 2.75) is 128 Å². The van der Waals surface area contributed by atoms with Crippen LogP contribution in [-0.2, 0) is 41.2 Å². The molecule has 6 aromatic rings. The number of halogens is 2. The van der Waals surface area contributed by atoms with Gasteiger partial charge in [0.05, 0.1) is 0 Å². The zero-order chi connectivity index (χ0) is 45.3. The fraction of sp³-hybridized carbons (Fsp3) is 0.333. The van der Waals surface area contributed by atoms with Gasteiger partial charge in [0.1, 0.15) is 0 Å². The van der Waals surface area contributed by atoms with Crippen molar-refractivity contribution >= 4 is 35.1 Å². The monoisotopic (exact) mass is 973 g/mol. The second-order valence-corrected chi connectivity index (χ2v) is 63.8. The first-order valence-corrected chi connectivity index (χ1v) is 40.4. The van der Waals surface area contributed by atoms with Gasteiger partial charge < -0.3 is 0 Å². The summed E-state index contributed by atoms with van der Waals surface area (Å²) in [6, 6.07) is 28.8. The molecule has 0 heterocycles. The van der Waals surface area contributed by atoms with E-state index >= 15 is 0 Å². The molecule has 4 aliphatic carbocycles. The SMILES string of the molecule is CC1=Cc2c(-c3cc(C)cc(C)c3)c3c(c(-c4cc(C)cc(C)c4)c2[CH]1[Zr]([Cl])([Cl])([CH]1C(C)=Cc2c(-c4cc(C)cc(C)c4)c4c(c(-c5cc(C)cc(C)c5)c21)CCC4)[SiH](C)C)CCC3. The molecule has 2 unspecified atom stereocenters. The van der Waals surface area contributed by atoms with Crippen LogP contribution in [0.3, 0.4) is 0 Å². The van der Waals surface area contributed by atoms with E-state index in [1.165, 1.54) is 158 Å². The molecule has 6 aromatic carbocycles. The molecule has 0 spiro atoms. The van der Waals surface area contributed by atoms with Crippen LogP contribution >= 0.6 is 17.0 Å². The van der Waals surface area contributed by atoms with Crippen molar-refractivity contribution in [3.05, 3.63) is 173 Å². The summed E-state index contributed by atoms with van der Waals surface area (Å²) in [6.07, 6.45) is 11.8. The predicted molar refractivity (Wildman–Crippen MR) is 280 cm³/mol. The standard InChI is InChI=1S/2C29H29.C2H7Si.2ClH.Zr/c2*1-17-9-18(2)12-22(11-17)28-24-7-6-8-25(24)29(27-16-21(5)15-26(27)28)23-13-19(3)10-20(4)14-23;1-3-2;;;/h2*9-16H,6-8H2,1-5H3;3H,1-2H3;2*1H;/q;;;;;+2/p-2. The number of allylic oxidation sites excluding steroid dienone is 2. The Kier molecular flexibility index (Phi) is 10.9. The third-order valence-corrected chi connectivity index (χ3v) is 67.9. The Balaban J connectivity index is 1.34. The number of fused-ring (bicyclic) bond motifs is 4. The van der Waals surface area contributed by atoms with Crippen molar-refractivity contribution in [2.24, 2.45) is 0 Å². The molecule has 0 aliphatic heterocycles. The van der Waals surface area contributed by atoms with Crippen LogP contribution in [0.25, 0.3) is 56.7 Å². The van der Waals surface area contributed by atoms with Gasteiger partial charge in [0.2, 0.25) is 0 Å². The van der Waals surface area contributed by atoms with E-state index in [0.29, 0.717) is 0 Å². The van der Waals surface area contributed by atoms with E-state index < -0.39 is 21.5 Å². The molecule has 0 saturated heterocycles. The van der Waals surface area contributed by atoms with Crippen LogP contribution in [0.5, 0.6) is 0 Å². The maximum absolute atomic E-state index is 9.39. The van der Waals surface area contributed by atoms with Crippen molar-refractivity contribution in [3.8, 4) is 44.5 Å². The molecule has 4 aliphatic rings. The number of aryl methyl sites for hydroxylation is 8. The predicted octanol–water partition coefficient (Wildman–Crippen LogP) is 17.4. The van der Waals surface area contributed by atoms with Gasteiger partial charge >= 0.3 is 396 Å². The Bertz CT molecular complexity index is 2800. The van der Waals surface area contributed by atoms with Crippen LogP contribution in [-0.4, -0.2) is 5.92 Å². The third kappa shape index (κ3) is 6.81. The second kappa shape index (κ2) is 15.8. The topological polar surface area (TPSA) is 0 Å². The average Bonchev–Trinajstić information content (AvgIpc) is 3.99. The summed E-state index contributed by atoms with van der Waals surface area (Å²) in [6.45, 7) is 28.0. The minimum absolute atomic E-state index is 0.0258. The first-order chi connectivity index (χ1) is 30.3. The summed E-state index contributed by atoms with van der Waals surface area (Å²) in [7, 11) is 18.8. The van der Waals surface area contributed by atoms with Crippen LogP contribution in [0.1, 0.15) is 123 Å². The fourth-order valence-corrected chi connectivity index (χ4v) is 46.4. The van der Waals surface area contributed by atoms with E-state index in [1.807, 2.05) is 0 Å². The number of hydrogen-bond donors (Lipinski definition) is 0. The Labute approximate surface area is 393 Å². The molecule has 0 amide bonds. The van der Waals surface area contributed by atoms with Crippen LogP contribution in [0.4, 0.5) is 0 Å². The van der Waals surface area contributed by atoms with Gasteiger partial charge in [-0.3, -0.25) is 0 Å². The first-order valence-electron chi connectivity index (χ1n) is 24.1. The van der Waals surface area contributed by atoms with E-state index in [0.717, 1.165) is 25.7 Å². The summed E-state index contributed by atoms with van der Waals surface area (Å²) in [5, 5.41) is 0. The van der Waals surface area contributed by atoms with Crippen molar-refractivity contribution in [1.82, 2.24) is 0 Å². The van der Waals surface area contributed by atoms with Crippen LogP contribution < -0.4 is 0 Å². The second-order valence-electron chi connectivity index (χ2n) is 21.3. The molecule has 0 nitrogen and oxygen atoms in total. The van der Waals surface area contributed by atoms with Gasteiger partial charge in [0.15, 0.2) is 0 Å². The average molecular weight is 976 g/mol. The molecule has 0 fully saturated rings. The van der Waals surface area contributed by atoms with Gasteiger partial charge in [-0.2, -0.15) is 0 Å². The Morgan fingerprint density at radius 2 is 0.641 bits per heavy atom. The Morgan fingerprint density at radius 3 is 0.906 bits per heavy atom. The molecule has 0 aromatic heterocycles. The van der Waals surface area contributed by atoms with E-state index in [1.54, 1.807) is 0 Å². The van der Waals surface area contributed by atoms with Crippen molar-refractivity contribution in [1.29, 1.82) is 0 Å². The summed E-state index contributed by atoms with van der Waals surface area (Å²) < 4.78 is -0.0516. The third-order valence-electron chi connectivity index (χ3n) is 15.8. The Morgan fingerprint density at radius 1 is 0.391 bits per heavy atom. The van der Waals surface area contributed by atoms with E-state index in [2.05, 4.69) is 167 Å². The zero-order valence-corrected chi connectivity index (χ0v) is 45.4. The maximum atomic E-state index is 9.39. The first kappa shape index (κ1) is 44.3. The molecule has 0 N–H and O–H groups in total. The van der Waals surface area contributed by atoms with E-state index in [-0.39, 0.29) is 7.25 Å². The van der Waals surface area contributed by atoms with E-state index in [9.17, 15) is 17.0 Å². The fourth-order valence-electron chi connectivity index (χ4n) is 13.8. The molecule has 0 bridgehead atoms. The quantitative estimate of drug-likeness (QED) is 0.140. The van der Waals surface area contributed by atoms with Gasteiger partial charge in [0.25, 0.3) is 0 Å². The molecule has 2 atom stereocenters. The summed E-state index contributed by atoms with van der Waals surface area (Å²) in [5.74, 6) is -1.88.